The lowest BCUT2D eigenvalue weighted by Crippen LogP contribution is -2.40. The summed E-state index contributed by atoms with van der Waals surface area (Å²) in [5.74, 6) is 0. The molecule has 0 aliphatic rings. The van der Waals surface area contributed by atoms with Crippen LogP contribution in [0.2, 0.25) is 18.1 Å². The van der Waals surface area contributed by atoms with Crippen molar-refractivity contribution < 1.29 is 9.22 Å². The molecule has 1 aromatic heterocycles. The summed E-state index contributed by atoms with van der Waals surface area (Å²) in [6, 6.07) is 0. The fourth-order valence-corrected chi connectivity index (χ4v) is 2.25. The van der Waals surface area contributed by atoms with Gasteiger partial charge >= 0.3 is 0 Å². The maximum atomic E-state index is 11.0. The zero-order valence-corrected chi connectivity index (χ0v) is 13.3. The van der Waals surface area contributed by atoms with Gasteiger partial charge in [0.05, 0.1) is 17.9 Å². The van der Waals surface area contributed by atoms with Crippen LogP contribution < -0.4 is 0 Å². The SMILES string of the molecule is CCn1cc(C=O)c(CO[Si](C)(C)C(C)(C)C)n1. The molecule has 1 aromatic rings. The summed E-state index contributed by atoms with van der Waals surface area (Å²) in [5, 5.41) is 4.54. The van der Waals surface area contributed by atoms with Gasteiger partial charge in [0.15, 0.2) is 14.6 Å². The third kappa shape index (κ3) is 3.29. The van der Waals surface area contributed by atoms with Crippen molar-refractivity contribution in [1.29, 1.82) is 0 Å². The summed E-state index contributed by atoms with van der Waals surface area (Å²) in [5.41, 5.74) is 1.38. The molecule has 5 heteroatoms. The molecule has 0 spiro atoms. The third-order valence-electron chi connectivity index (χ3n) is 3.70. The molecule has 0 aliphatic carbocycles. The molecule has 4 nitrogen and oxygen atoms in total. The van der Waals surface area contributed by atoms with Gasteiger partial charge in [-0.2, -0.15) is 5.10 Å². The van der Waals surface area contributed by atoms with Gasteiger partial charge in [0.25, 0.3) is 0 Å². The number of nitrogens with zero attached hydrogens (tertiary/aromatic N) is 2. The Hall–Kier alpha value is -0.943. The lowest BCUT2D eigenvalue weighted by atomic mass is 10.2. The monoisotopic (exact) mass is 268 g/mol. The number of carbonyl (C=O) groups is 1. The van der Waals surface area contributed by atoms with Gasteiger partial charge in [-0.25, -0.2) is 0 Å². The van der Waals surface area contributed by atoms with E-state index in [0.29, 0.717) is 12.2 Å². The Balaban J connectivity index is 2.80. The second-order valence-corrected chi connectivity index (χ2v) is 10.9. The maximum absolute atomic E-state index is 11.0. The van der Waals surface area contributed by atoms with Crippen molar-refractivity contribution in [2.24, 2.45) is 0 Å². The van der Waals surface area contributed by atoms with Crippen LogP contribution in [-0.2, 0) is 17.6 Å². The fraction of sp³-hybridized carbons (Fsp3) is 0.692. The van der Waals surface area contributed by atoms with Crippen LogP contribution in [0.4, 0.5) is 0 Å². The first-order valence-electron chi connectivity index (χ1n) is 6.36. The Kier molecular flexibility index (Phi) is 4.50. The number of carbonyl (C=O) groups excluding carboxylic acids is 1. The van der Waals surface area contributed by atoms with Gasteiger partial charge in [-0.3, -0.25) is 9.48 Å². The molecular weight excluding hydrogens is 244 g/mol. The average molecular weight is 268 g/mol. The van der Waals surface area contributed by atoms with E-state index in [0.717, 1.165) is 18.5 Å². The summed E-state index contributed by atoms with van der Waals surface area (Å²) in [6.07, 6.45) is 2.63. The highest BCUT2D eigenvalue weighted by atomic mass is 28.4. The van der Waals surface area contributed by atoms with Gasteiger partial charge in [-0.1, -0.05) is 20.8 Å². The molecule has 1 heterocycles. The van der Waals surface area contributed by atoms with E-state index in [9.17, 15) is 4.79 Å². The van der Waals surface area contributed by atoms with Gasteiger partial charge in [-0.05, 0) is 25.1 Å². The number of aldehydes is 1. The zero-order valence-electron chi connectivity index (χ0n) is 12.3. The van der Waals surface area contributed by atoms with Crippen LogP contribution in [0.1, 0.15) is 43.7 Å². The highest BCUT2D eigenvalue weighted by molar-refractivity contribution is 6.74. The van der Waals surface area contributed by atoms with Crippen molar-refractivity contribution in [3.8, 4) is 0 Å². The summed E-state index contributed by atoms with van der Waals surface area (Å²) in [7, 11) is -1.79. The minimum atomic E-state index is -1.79. The van der Waals surface area contributed by atoms with Gasteiger partial charge in [0.1, 0.15) is 0 Å². The van der Waals surface area contributed by atoms with Crippen LogP contribution in [-0.4, -0.2) is 24.4 Å². The molecule has 0 saturated carbocycles. The van der Waals surface area contributed by atoms with Crippen LogP contribution in [0.3, 0.4) is 0 Å². The average Bonchev–Trinajstić information content (AvgIpc) is 2.67. The summed E-state index contributed by atoms with van der Waals surface area (Å²) in [4.78, 5) is 11.0. The Morgan fingerprint density at radius 1 is 1.44 bits per heavy atom. The Morgan fingerprint density at radius 2 is 2.06 bits per heavy atom. The number of aromatic nitrogens is 2. The normalized spacial score (nSPS) is 12.8. The lowest BCUT2D eigenvalue weighted by molar-refractivity contribution is 0.112. The predicted molar refractivity (Wildman–Crippen MR) is 75.3 cm³/mol. The Labute approximate surface area is 110 Å². The van der Waals surface area contributed by atoms with Crippen molar-refractivity contribution >= 4 is 14.6 Å². The summed E-state index contributed by atoms with van der Waals surface area (Å²) in [6.45, 7) is 14.2. The molecule has 0 atom stereocenters. The second kappa shape index (κ2) is 5.36. The molecule has 0 aromatic carbocycles. The summed E-state index contributed by atoms with van der Waals surface area (Å²) < 4.78 is 7.86. The van der Waals surface area contributed by atoms with Crippen molar-refractivity contribution in [3.05, 3.63) is 17.5 Å². The minimum absolute atomic E-state index is 0.168. The van der Waals surface area contributed by atoms with E-state index in [4.69, 9.17) is 4.43 Å². The topological polar surface area (TPSA) is 44.1 Å². The smallest absolute Gasteiger partial charge is 0.192 e. The quantitative estimate of drug-likeness (QED) is 0.608. The van der Waals surface area contributed by atoms with Crippen LogP contribution in [0.15, 0.2) is 6.20 Å². The Morgan fingerprint density at radius 3 is 2.50 bits per heavy atom. The van der Waals surface area contributed by atoms with E-state index in [-0.39, 0.29) is 5.04 Å². The third-order valence-corrected chi connectivity index (χ3v) is 8.18. The fourth-order valence-electron chi connectivity index (χ4n) is 1.31. The first kappa shape index (κ1) is 15.1. The zero-order chi connectivity index (χ0) is 14.0. The van der Waals surface area contributed by atoms with Crippen LogP contribution in [0, 0.1) is 0 Å². The van der Waals surface area contributed by atoms with Crippen molar-refractivity contribution in [1.82, 2.24) is 9.78 Å². The van der Waals surface area contributed by atoms with Gasteiger partial charge in [-0.15, -0.1) is 0 Å². The molecule has 0 saturated heterocycles. The van der Waals surface area contributed by atoms with Crippen LogP contribution in [0.5, 0.6) is 0 Å². The van der Waals surface area contributed by atoms with Crippen molar-refractivity contribution in [2.45, 2.75) is 59.0 Å². The number of hydrogen-bond acceptors (Lipinski definition) is 3. The van der Waals surface area contributed by atoms with E-state index in [1.54, 1.807) is 10.9 Å². The standard InChI is InChI=1S/C13H24N2O2Si/c1-7-15-8-11(9-16)12(14-15)10-17-18(5,6)13(2,3)4/h8-9H,7,10H2,1-6H3. The van der Waals surface area contributed by atoms with Crippen LogP contribution >= 0.6 is 0 Å². The highest BCUT2D eigenvalue weighted by Gasteiger charge is 2.37. The van der Waals surface area contributed by atoms with Crippen LogP contribution in [0.25, 0.3) is 0 Å². The maximum Gasteiger partial charge on any atom is 0.192 e. The molecule has 1 rings (SSSR count). The van der Waals surface area contributed by atoms with Crippen molar-refractivity contribution in [2.75, 3.05) is 0 Å². The molecule has 0 amide bonds. The number of hydrogen-bond donors (Lipinski definition) is 0. The molecule has 0 aliphatic heterocycles. The van der Waals surface area contributed by atoms with Crippen molar-refractivity contribution in [3.63, 3.8) is 0 Å². The van der Waals surface area contributed by atoms with Gasteiger partial charge in [0, 0.05) is 12.7 Å². The molecule has 0 unspecified atom stereocenters. The highest BCUT2D eigenvalue weighted by Crippen LogP contribution is 2.37. The summed E-state index contributed by atoms with van der Waals surface area (Å²) >= 11 is 0. The van der Waals surface area contributed by atoms with E-state index < -0.39 is 8.32 Å². The number of rotatable bonds is 5. The molecule has 0 fully saturated rings. The largest absolute Gasteiger partial charge is 0.411 e. The van der Waals surface area contributed by atoms with E-state index >= 15 is 0 Å². The predicted octanol–water partition coefficient (Wildman–Crippen LogP) is 3.24. The van der Waals surface area contributed by atoms with E-state index in [2.05, 4.69) is 39.0 Å². The first-order valence-corrected chi connectivity index (χ1v) is 9.27. The molecule has 18 heavy (non-hydrogen) atoms. The molecule has 0 bridgehead atoms. The minimum Gasteiger partial charge on any atom is -0.411 e. The molecule has 0 radical (unpaired) electrons. The molecule has 102 valence electrons. The molecular formula is C13H24N2O2Si. The second-order valence-electron chi connectivity index (χ2n) is 6.05. The van der Waals surface area contributed by atoms with Gasteiger partial charge < -0.3 is 4.43 Å². The van der Waals surface area contributed by atoms with E-state index in [1.165, 1.54) is 0 Å². The number of aryl methyl sites for hydroxylation is 1. The Bertz CT molecular complexity index is 419. The van der Waals surface area contributed by atoms with Gasteiger partial charge in [0.2, 0.25) is 0 Å². The lowest BCUT2D eigenvalue weighted by Gasteiger charge is -2.35. The first-order chi connectivity index (χ1) is 8.21. The van der Waals surface area contributed by atoms with E-state index in [1.807, 2.05) is 6.92 Å². The molecule has 0 N–H and O–H groups in total.